The van der Waals surface area contributed by atoms with Gasteiger partial charge >= 0.3 is 0 Å². The largest absolute Gasteiger partial charge is 0.474 e. The van der Waals surface area contributed by atoms with Gasteiger partial charge in [-0.2, -0.15) is 0 Å². The van der Waals surface area contributed by atoms with Crippen LogP contribution in [-0.2, 0) is 17.8 Å². The summed E-state index contributed by atoms with van der Waals surface area (Å²) in [6.45, 7) is 3.16. The van der Waals surface area contributed by atoms with Gasteiger partial charge in [0.1, 0.15) is 5.56 Å². The van der Waals surface area contributed by atoms with Crippen LogP contribution >= 0.6 is 0 Å². The normalized spacial score (nSPS) is 24.4. The quantitative estimate of drug-likeness (QED) is 0.828. The molecule has 1 aliphatic carbocycles. The van der Waals surface area contributed by atoms with Crippen LogP contribution in [-0.4, -0.2) is 36.7 Å². The second-order valence-corrected chi connectivity index (χ2v) is 6.60. The van der Waals surface area contributed by atoms with Gasteiger partial charge in [0, 0.05) is 18.0 Å². The molecule has 0 saturated heterocycles. The summed E-state index contributed by atoms with van der Waals surface area (Å²) in [5.41, 5.74) is 7.72. The number of amides is 1. The van der Waals surface area contributed by atoms with Gasteiger partial charge in [0.2, 0.25) is 5.88 Å². The molecule has 1 amide bonds. The van der Waals surface area contributed by atoms with E-state index < -0.39 is 5.91 Å². The molecule has 0 bridgehead atoms. The predicted molar refractivity (Wildman–Crippen MR) is 86.4 cm³/mol. The molecular weight excluding hydrogens is 294 g/mol. The second kappa shape index (κ2) is 6.84. The first kappa shape index (κ1) is 16.2. The summed E-state index contributed by atoms with van der Waals surface area (Å²) in [7, 11) is 2.00. The first-order valence-electron chi connectivity index (χ1n) is 8.31. The van der Waals surface area contributed by atoms with Crippen molar-refractivity contribution in [3.05, 3.63) is 22.9 Å². The molecule has 1 saturated carbocycles. The van der Waals surface area contributed by atoms with Gasteiger partial charge < -0.3 is 20.5 Å². The van der Waals surface area contributed by atoms with E-state index in [2.05, 4.69) is 10.3 Å². The molecule has 0 radical (unpaired) electrons. The van der Waals surface area contributed by atoms with Gasteiger partial charge in [0.15, 0.2) is 0 Å². The van der Waals surface area contributed by atoms with Crippen LogP contribution in [0.25, 0.3) is 0 Å². The number of primary amides is 1. The second-order valence-electron chi connectivity index (χ2n) is 6.60. The molecule has 2 heterocycles. The molecule has 23 heavy (non-hydrogen) atoms. The summed E-state index contributed by atoms with van der Waals surface area (Å²) < 4.78 is 11.4. The number of ether oxygens (including phenoxy) is 2. The minimum Gasteiger partial charge on any atom is -0.474 e. The van der Waals surface area contributed by atoms with E-state index in [9.17, 15) is 4.79 Å². The molecule has 1 atom stereocenters. The Hall–Kier alpha value is -1.66. The van der Waals surface area contributed by atoms with Gasteiger partial charge in [-0.1, -0.05) is 0 Å². The molecule has 3 rings (SSSR count). The number of fused-ring (bicyclic) bond motifs is 1. The van der Waals surface area contributed by atoms with Crippen molar-refractivity contribution in [1.82, 2.24) is 10.3 Å². The standard InChI is InChI=1S/C17H25N3O3/c1-10(5-11-6-13(7-11)19-2)23-17-14(16(18)21)8-12-9-22-4-3-15(12)20-17/h8,10-11,13,19H,3-7,9H2,1-2H3,(H2,18,21)/t10-,11?,13?/m0/s1. The Morgan fingerprint density at radius 3 is 3.04 bits per heavy atom. The Morgan fingerprint density at radius 1 is 1.57 bits per heavy atom. The Bertz CT molecular complexity index is 585. The van der Waals surface area contributed by atoms with E-state index in [4.69, 9.17) is 15.2 Å². The van der Waals surface area contributed by atoms with Crippen molar-refractivity contribution in [3.63, 3.8) is 0 Å². The highest BCUT2D eigenvalue weighted by atomic mass is 16.5. The van der Waals surface area contributed by atoms with Gasteiger partial charge in [-0.15, -0.1) is 0 Å². The Labute approximate surface area is 136 Å². The molecule has 1 aromatic rings. The number of aromatic nitrogens is 1. The summed E-state index contributed by atoms with van der Waals surface area (Å²) in [5.74, 6) is 0.535. The maximum atomic E-state index is 11.7. The van der Waals surface area contributed by atoms with Crippen LogP contribution in [0.1, 0.15) is 47.8 Å². The van der Waals surface area contributed by atoms with E-state index in [-0.39, 0.29) is 6.10 Å². The summed E-state index contributed by atoms with van der Waals surface area (Å²) >= 11 is 0. The molecule has 1 fully saturated rings. The minimum absolute atomic E-state index is 0.0151. The van der Waals surface area contributed by atoms with Crippen LogP contribution in [0.15, 0.2) is 6.07 Å². The Balaban J connectivity index is 1.69. The maximum absolute atomic E-state index is 11.7. The van der Waals surface area contributed by atoms with Crippen LogP contribution in [0.3, 0.4) is 0 Å². The van der Waals surface area contributed by atoms with Gasteiger partial charge in [0.25, 0.3) is 5.91 Å². The number of pyridine rings is 1. The average Bonchev–Trinajstić information content (AvgIpc) is 2.49. The number of hydrogen-bond acceptors (Lipinski definition) is 5. The fourth-order valence-corrected chi connectivity index (χ4v) is 3.40. The van der Waals surface area contributed by atoms with Crippen LogP contribution in [0.5, 0.6) is 5.88 Å². The number of hydrogen-bond donors (Lipinski definition) is 2. The summed E-state index contributed by atoms with van der Waals surface area (Å²) in [4.78, 5) is 16.3. The van der Waals surface area contributed by atoms with Crippen molar-refractivity contribution < 1.29 is 14.3 Å². The van der Waals surface area contributed by atoms with E-state index in [1.54, 1.807) is 6.07 Å². The predicted octanol–water partition coefficient (Wildman–Crippen LogP) is 1.41. The average molecular weight is 319 g/mol. The van der Waals surface area contributed by atoms with Crippen molar-refractivity contribution in [2.75, 3.05) is 13.7 Å². The molecule has 126 valence electrons. The lowest BCUT2D eigenvalue weighted by Gasteiger charge is -2.36. The zero-order valence-corrected chi connectivity index (χ0v) is 13.8. The van der Waals surface area contributed by atoms with Crippen molar-refractivity contribution in [1.29, 1.82) is 0 Å². The highest BCUT2D eigenvalue weighted by Crippen LogP contribution is 2.32. The van der Waals surface area contributed by atoms with Gasteiger partial charge in [-0.25, -0.2) is 4.98 Å². The lowest BCUT2D eigenvalue weighted by atomic mass is 9.77. The van der Waals surface area contributed by atoms with E-state index in [1.807, 2.05) is 14.0 Å². The van der Waals surface area contributed by atoms with Crippen molar-refractivity contribution in [3.8, 4) is 5.88 Å². The molecule has 3 N–H and O–H groups in total. The fourth-order valence-electron chi connectivity index (χ4n) is 3.40. The first-order chi connectivity index (χ1) is 11.1. The molecule has 0 unspecified atom stereocenters. The number of nitrogens with two attached hydrogens (primary N) is 1. The monoisotopic (exact) mass is 319 g/mol. The molecule has 0 aromatic carbocycles. The van der Waals surface area contributed by atoms with Crippen molar-refractivity contribution in [2.45, 2.75) is 51.4 Å². The Morgan fingerprint density at radius 2 is 2.35 bits per heavy atom. The van der Waals surface area contributed by atoms with Crippen molar-refractivity contribution >= 4 is 5.91 Å². The lowest BCUT2D eigenvalue weighted by Crippen LogP contribution is -2.40. The molecule has 6 heteroatoms. The zero-order chi connectivity index (χ0) is 16.4. The molecule has 1 aromatic heterocycles. The molecule has 2 aliphatic rings. The van der Waals surface area contributed by atoms with E-state index >= 15 is 0 Å². The van der Waals surface area contributed by atoms with Gasteiger partial charge in [-0.05, 0) is 45.2 Å². The van der Waals surface area contributed by atoms with Gasteiger partial charge in [-0.3, -0.25) is 4.79 Å². The minimum atomic E-state index is -0.507. The van der Waals surface area contributed by atoms with E-state index in [0.717, 1.165) is 24.1 Å². The molecule has 0 spiro atoms. The summed E-state index contributed by atoms with van der Waals surface area (Å²) in [5, 5.41) is 3.29. The number of carbonyl (C=O) groups excluding carboxylic acids is 1. The molecular formula is C17H25N3O3. The van der Waals surface area contributed by atoms with Crippen molar-refractivity contribution in [2.24, 2.45) is 11.7 Å². The third-order valence-corrected chi connectivity index (χ3v) is 4.78. The third kappa shape index (κ3) is 3.64. The van der Waals surface area contributed by atoms with Crippen LogP contribution in [0.4, 0.5) is 0 Å². The number of carbonyl (C=O) groups is 1. The highest BCUT2D eigenvalue weighted by molar-refractivity contribution is 5.95. The van der Waals surface area contributed by atoms with Crippen LogP contribution in [0.2, 0.25) is 0 Å². The fraction of sp³-hybridized carbons (Fsp3) is 0.647. The molecule has 6 nitrogen and oxygen atoms in total. The summed E-state index contributed by atoms with van der Waals surface area (Å²) in [6, 6.07) is 2.40. The summed E-state index contributed by atoms with van der Waals surface area (Å²) in [6.07, 6.45) is 4.09. The zero-order valence-electron chi connectivity index (χ0n) is 13.8. The maximum Gasteiger partial charge on any atom is 0.254 e. The van der Waals surface area contributed by atoms with Gasteiger partial charge in [0.05, 0.1) is 25.0 Å². The smallest absolute Gasteiger partial charge is 0.254 e. The Kier molecular flexibility index (Phi) is 4.82. The number of nitrogens with one attached hydrogen (secondary N) is 1. The van der Waals surface area contributed by atoms with E-state index in [0.29, 0.717) is 36.6 Å². The highest BCUT2D eigenvalue weighted by Gasteiger charge is 2.30. The topological polar surface area (TPSA) is 86.5 Å². The molecule has 1 aliphatic heterocycles. The number of rotatable bonds is 6. The lowest BCUT2D eigenvalue weighted by molar-refractivity contribution is 0.0970. The van der Waals surface area contributed by atoms with E-state index in [1.165, 1.54) is 12.8 Å². The van der Waals surface area contributed by atoms with Crippen LogP contribution in [0, 0.1) is 5.92 Å². The third-order valence-electron chi connectivity index (χ3n) is 4.78. The van der Waals surface area contributed by atoms with Crippen LogP contribution < -0.4 is 15.8 Å². The SMILES string of the molecule is CNC1CC(C[C@H](C)Oc2nc3c(cc2C(N)=O)COCC3)C1. The number of nitrogens with zero attached hydrogens (tertiary/aromatic N) is 1. The first-order valence-corrected chi connectivity index (χ1v) is 8.31.